The van der Waals surface area contributed by atoms with Gasteiger partial charge in [-0.15, -0.1) is 0 Å². The van der Waals surface area contributed by atoms with Crippen LogP contribution in [0, 0.1) is 13.8 Å². The maximum Gasteiger partial charge on any atom is 0.340 e. The van der Waals surface area contributed by atoms with E-state index in [1.165, 1.54) is 0 Å². The van der Waals surface area contributed by atoms with Gasteiger partial charge in [-0.25, -0.2) is 14.8 Å². The summed E-state index contributed by atoms with van der Waals surface area (Å²) in [7, 11) is 0. The van der Waals surface area contributed by atoms with Gasteiger partial charge in [-0.2, -0.15) is 0 Å². The average Bonchev–Trinajstić information content (AvgIpc) is 2.73. The molecular formula is C24H26N4O3. The van der Waals surface area contributed by atoms with Gasteiger partial charge in [0.15, 0.2) is 0 Å². The van der Waals surface area contributed by atoms with Crippen molar-refractivity contribution < 1.29 is 14.3 Å². The molecule has 0 aliphatic carbocycles. The van der Waals surface area contributed by atoms with E-state index < -0.39 is 5.97 Å². The molecule has 160 valence electrons. The number of carbonyl (C=O) groups excluding carboxylic acids is 2. The van der Waals surface area contributed by atoms with Crippen LogP contribution in [0.3, 0.4) is 0 Å². The third-order valence-corrected chi connectivity index (χ3v) is 4.49. The van der Waals surface area contributed by atoms with Gasteiger partial charge < -0.3 is 15.4 Å². The molecule has 3 aromatic rings. The fourth-order valence-electron chi connectivity index (χ4n) is 3.00. The van der Waals surface area contributed by atoms with Crippen molar-refractivity contribution in [1.82, 2.24) is 9.97 Å². The molecule has 0 atom stereocenters. The Bertz CT molecular complexity index is 1060. The molecule has 31 heavy (non-hydrogen) atoms. The van der Waals surface area contributed by atoms with Gasteiger partial charge >= 0.3 is 5.97 Å². The highest BCUT2D eigenvalue weighted by Gasteiger charge is 2.15. The Morgan fingerprint density at radius 3 is 2.45 bits per heavy atom. The number of benzene rings is 2. The summed E-state index contributed by atoms with van der Waals surface area (Å²) in [5.74, 6) is -0.319. The Hall–Kier alpha value is -3.74. The zero-order valence-electron chi connectivity index (χ0n) is 17.9. The van der Waals surface area contributed by atoms with E-state index in [0.717, 1.165) is 24.2 Å². The number of hydrogen-bond acceptors (Lipinski definition) is 6. The number of unbranched alkanes of at least 4 members (excludes halogenated alkanes) is 1. The number of nitrogens with zero attached hydrogens (tertiary/aromatic N) is 2. The van der Waals surface area contributed by atoms with Crippen LogP contribution in [-0.4, -0.2) is 28.5 Å². The molecule has 0 saturated carbocycles. The Kier molecular flexibility index (Phi) is 7.32. The van der Waals surface area contributed by atoms with Gasteiger partial charge in [0.05, 0.1) is 17.9 Å². The third kappa shape index (κ3) is 6.12. The van der Waals surface area contributed by atoms with E-state index in [4.69, 9.17) is 4.74 Å². The van der Waals surface area contributed by atoms with Crippen LogP contribution >= 0.6 is 0 Å². The molecule has 0 spiro atoms. The van der Waals surface area contributed by atoms with Crippen molar-refractivity contribution >= 4 is 29.2 Å². The lowest BCUT2D eigenvalue weighted by Gasteiger charge is -2.12. The predicted octanol–water partition coefficient (Wildman–Crippen LogP) is 5.05. The first kappa shape index (κ1) is 22.0. The molecule has 0 fully saturated rings. The number of rotatable bonds is 8. The Labute approximate surface area is 181 Å². The summed E-state index contributed by atoms with van der Waals surface area (Å²) in [6.07, 6.45) is 1.73. The Balaban J connectivity index is 1.74. The second kappa shape index (κ2) is 10.3. The monoisotopic (exact) mass is 418 g/mol. The standard InChI is InChI=1S/C24H26N4O3/c1-4-5-13-31-23(30)20-11-6-7-12-21(20)28-22(29)18-9-8-10-19(15-18)27-24-25-16(2)14-17(3)26-24/h6-12,14-15H,4-5,13H2,1-3H3,(H,28,29)(H,25,26,27). The molecule has 2 aromatic carbocycles. The number of hydrogen-bond donors (Lipinski definition) is 2. The molecule has 0 radical (unpaired) electrons. The minimum atomic E-state index is -0.452. The van der Waals surface area contributed by atoms with Crippen LogP contribution in [0.1, 0.15) is 51.9 Å². The summed E-state index contributed by atoms with van der Waals surface area (Å²) in [6.45, 7) is 6.17. The van der Waals surface area contributed by atoms with Crippen LogP contribution in [0.15, 0.2) is 54.6 Å². The molecule has 3 rings (SSSR count). The summed E-state index contributed by atoms with van der Waals surface area (Å²) in [5, 5.41) is 5.94. The van der Waals surface area contributed by atoms with Crippen LogP contribution in [0.4, 0.5) is 17.3 Å². The maximum atomic E-state index is 12.8. The largest absolute Gasteiger partial charge is 0.462 e. The van der Waals surface area contributed by atoms with Crippen molar-refractivity contribution in [1.29, 1.82) is 0 Å². The van der Waals surface area contributed by atoms with Crippen LogP contribution in [0.5, 0.6) is 0 Å². The zero-order valence-corrected chi connectivity index (χ0v) is 17.9. The van der Waals surface area contributed by atoms with Gasteiger partial charge in [0.1, 0.15) is 0 Å². The first-order chi connectivity index (χ1) is 15.0. The van der Waals surface area contributed by atoms with Crippen molar-refractivity contribution in [3.63, 3.8) is 0 Å². The minimum absolute atomic E-state index is 0.324. The van der Waals surface area contributed by atoms with E-state index in [1.807, 2.05) is 32.9 Å². The van der Waals surface area contributed by atoms with E-state index in [0.29, 0.717) is 35.1 Å². The van der Waals surface area contributed by atoms with Gasteiger partial charge in [0.25, 0.3) is 5.91 Å². The molecule has 0 unspecified atom stereocenters. The lowest BCUT2D eigenvalue weighted by molar-refractivity contribution is 0.0501. The Morgan fingerprint density at radius 2 is 1.71 bits per heavy atom. The third-order valence-electron chi connectivity index (χ3n) is 4.49. The van der Waals surface area contributed by atoms with E-state index in [9.17, 15) is 9.59 Å². The van der Waals surface area contributed by atoms with Gasteiger partial charge in [0, 0.05) is 22.6 Å². The summed E-state index contributed by atoms with van der Waals surface area (Å²) in [6, 6.07) is 15.7. The van der Waals surface area contributed by atoms with E-state index in [1.54, 1.807) is 42.5 Å². The number of ether oxygens (including phenoxy) is 1. The number of nitrogens with one attached hydrogen (secondary N) is 2. The van der Waals surface area contributed by atoms with Gasteiger partial charge in [-0.3, -0.25) is 4.79 Å². The molecular weight excluding hydrogens is 392 g/mol. The second-order valence-corrected chi connectivity index (χ2v) is 7.17. The normalized spacial score (nSPS) is 10.4. The van der Waals surface area contributed by atoms with Crippen LogP contribution in [-0.2, 0) is 4.74 Å². The molecule has 1 amide bonds. The van der Waals surface area contributed by atoms with E-state index in [2.05, 4.69) is 20.6 Å². The lowest BCUT2D eigenvalue weighted by atomic mass is 10.1. The first-order valence-corrected chi connectivity index (χ1v) is 10.2. The molecule has 0 saturated heterocycles. The molecule has 0 aliphatic rings. The number of amides is 1. The SMILES string of the molecule is CCCCOC(=O)c1ccccc1NC(=O)c1cccc(Nc2nc(C)cc(C)n2)c1. The molecule has 7 nitrogen and oxygen atoms in total. The fraction of sp³-hybridized carbons (Fsp3) is 0.250. The van der Waals surface area contributed by atoms with Crippen molar-refractivity contribution in [3.8, 4) is 0 Å². The zero-order chi connectivity index (χ0) is 22.2. The van der Waals surface area contributed by atoms with Gasteiger partial charge in [-0.1, -0.05) is 31.5 Å². The molecule has 1 heterocycles. The highest BCUT2D eigenvalue weighted by atomic mass is 16.5. The molecule has 7 heteroatoms. The molecule has 1 aromatic heterocycles. The van der Waals surface area contributed by atoms with E-state index in [-0.39, 0.29) is 5.91 Å². The summed E-state index contributed by atoms with van der Waals surface area (Å²) < 4.78 is 5.29. The van der Waals surface area contributed by atoms with Crippen molar-refractivity contribution in [2.45, 2.75) is 33.6 Å². The predicted molar refractivity (Wildman–Crippen MR) is 121 cm³/mol. The topological polar surface area (TPSA) is 93.2 Å². The summed E-state index contributed by atoms with van der Waals surface area (Å²) in [4.78, 5) is 33.9. The quantitative estimate of drug-likeness (QED) is 0.393. The smallest absolute Gasteiger partial charge is 0.340 e. The number of anilines is 3. The molecule has 0 bridgehead atoms. The minimum Gasteiger partial charge on any atom is -0.462 e. The highest BCUT2D eigenvalue weighted by molar-refractivity contribution is 6.08. The number of aromatic nitrogens is 2. The first-order valence-electron chi connectivity index (χ1n) is 10.2. The molecule has 0 aliphatic heterocycles. The Morgan fingerprint density at radius 1 is 0.968 bits per heavy atom. The number of para-hydroxylation sites is 1. The number of esters is 1. The number of aryl methyl sites for hydroxylation is 2. The summed E-state index contributed by atoms with van der Waals surface area (Å²) in [5.41, 5.74) is 3.56. The highest BCUT2D eigenvalue weighted by Crippen LogP contribution is 2.20. The lowest BCUT2D eigenvalue weighted by Crippen LogP contribution is -2.16. The van der Waals surface area contributed by atoms with Crippen LogP contribution < -0.4 is 10.6 Å². The van der Waals surface area contributed by atoms with Crippen LogP contribution in [0.25, 0.3) is 0 Å². The van der Waals surface area contributed by atoms with Gasteiger partial charge in [-0.05, 0) is 56.7 Å². The van der Waals surface area contributed by atoms with Crippen LogP contribution in [0.2, 0.25) is 0 Å². The maximum absolute atomic E-state index is 12.8. The van der Waals surface area contributed by atoms with Crippen molar-refractivity contribution in [2.24, 2.45) is 0 Å². The van der Waals surface area contributed by atoms with Crippen molar-refractivity contribution in [2.75, 3.05) is 17.2 Å². The van der Waals surface area contributed by atoms with E-state index >= 15 is 0 Å². The average molecular weight is 418 g/mol. The van der Waals surface area contributed by atoms with Crippen molar-refractivity contribution in [3.05, 3.63) is 77.1 Å². The van der Waals surface area contributed by atoms with Gasteiger partial charge in [0.2, 0.25) is 5.95 Å². The second-order valence-electron chi connectivity index (χ2n) is 7.17. The fourth-order valence-corrected chi connectivity index (χ4v) is 3.00. The molecule has 2 N–H and O–H groups in total. The number of carbonyl (C=O) groups is 2. The summed E-state index contributed by atoms with van der Waals surface area (Å²) >= 11 is 0.